The largest absolute Gasteiger partial charge is 0.435 e. The highest BCUT2D eigenvalue weighted by atomic mass is 16.5. The molecule has 0 N–H and O–H groups in total. The number of hydrogen-bond acceptors (Lipinski definition) is 2. The Morgan fingerprint density at radius 3 is 2.50 bits per heavy atom. The van der Waals surface area contributed by atoms with Gasteiger partial charge in [-0.25, -0.2) is 0 Å². The molecular formula is C3H7BO2. The Hall–Kier alpha value is -0.0151. The van der Waals surface area contributed by atoms with E-state index in [1.165, 1.54) is 0 Å². The minimum Gasteiger partial charge on any atom is -0.435 e. The summed E-state index contributed by atoms with van der Waals surface area (Å²) in [6.45, 7) is 2.33. The van der Waals surface area contributed by atoms with Crippen LogP contribution in [0.4, 0.5) is 0 Å². The monoisotopic (exact) mass is 86.1 g/mol. The van der Waals surface area contributed by atoms with E-state index in [-0.39, 0.29) is 0 Å². The second-order valence-corrected chi connectivity index (χ2v) is 1.22. The van der Waals surface area contributed by atoms with Gasteiger partial charge in [-0.2, -0.15) is 0 Å². The van der Waals surface area contributed by atoms with E-state index in [4.69, 9.17) is 9.39 Å². The van der Waals surface area contributed by atoms with E-state index in [1.807, 2.05) is 0 Å². The van der Waals surface area contributed by atoms with Crippen LogP contribution in [0.1, 0.15) is 0 Å². The van der Waals surface area contributed by atoms with Crippen LogP contribution in [0.25, 0.3) is 0 Å². The van der Waals surface area contributed by atoms with E-state index in [0.717, 1.165) is 27.2 Å². The lowest BCUT2D eigenvalue weighted by Gasteiger charge is -2.08. The first kappa shape index (κ1) is 4.15. The molecule has 0 unspecified atom stereocenters. The van der Waals surface area contributed by atoms with Gasteiger partial charge < -0.3 is 9.39 Å². The summed E-state index contributed by atoms with van der Waals surface area (Å²) >= 11 is 0. The molecule has 0 aromatic carbocycles. The molecule has 0 saturated carbocycles. The SMILES string of the molecule is B1COCCO1. The van der Waals surface area contributed by atoms with Crippen LogP contribution in [0, 0.1) is 0 Å². The van der Waals surface area contributed by atoms with E-state index in [1.54, 1.807) is 0 Å². The Bertz CT molecular complexity index is 24.3. The molecule has 34 valence electrons. The lowest BCUT2D eigenvalue weighted by molar-refractivity contribution is 0.0933. The standard InChI is InChI=1S/C3H7BO2/c1-2-6-4-3-5-1/h4H,1-3H2. The summed E-state index contributed by atoms with van der Waals surface area (Å²) in [6.07, 6.45) is 0. The second-order valence-electron chi connectivity index (χ2n) is 1.22. The van der Waals surface area contributed by atoms with Gasteiger partial charge in [0, 0.05) is 6.51 Å². The van der Waals surface area contributed by atoms with Crippen molar-refractivity contribution in [2.24, 2.45) is 0 Å². The highest BCUT2D eigenvalue weighted by Gasteiger charge is 1.97. The lowest BCUT2D eigenvalue weighted by Crippen LogP contribution is -2.19. The maximum Gasteiger partial charge on any atom is 0.301 e. The normalized spacial score (nSPS) is 22.7. The van der Waals surface area contributed by atoms with Gasteiger partial charge in [0.2, 0.25) is 0 Å². The minimum absolute atomic E-state index is 0.778. The van der Waals surface area contributed by atoms with Crippen LogP contribution in [-0.2, 0) is 9.39 Å². The van der Waals surface area contributed by atoms with Crippen molar-refractivity contribution in [3.63, 3.8) is 0 Å². The molecule has 0 atom stereocenters. The van der Waals surface area contributed by atoms with Crippen LogP contribution < -0.4 is 0 Å². The molecule has 0 aromatic heterocycles. The predicted octanol–water partition coefficient (Wildman–Crippen LogP) is -0.658. The van der Waals surface area contributed by atoms with Gasteiger partial charge >= 0.3 is 7.48 Å². The van der Waals surface area contributed by atoms with Crippen LogP contribution in [0.15, 0.2) is 0 Å². The van der Waals surface area contributed by atoms with Gasteiger partial charge in [0.1, 0.15) is 0 Å². The summed E-state index contributed by atoms with van der Waals surface area (Å²) in [5, 5.41) is 0. The Labute approximate surface area is 37.7 Å². The van der Waals surface area contributed by atoms with Crippen molar-refractivity contribution >= 4 is 7.48 Å². The molecule has 1 rings (SSSR count). The molecule has 0 spiro atoms. The number of rotatable bonds is 0. The molecule has 0 amide bonds. The van der Waals surface area contributed by atoms with Crippen molar-refractivity contribution in [2.45, 2.75) is 0 Å². The average Bonchev–Trinajstić information content (AvgIpc) is 1.72. The summed E-state index contributed by atoms with van der Waals surface area (Å²) < 4.78 is 9.89. The molecule has 0 radical (unpaired) electrons. The van der Waals surface area contributed by atoms with Gasteiger partial charge in [0.05, 0.1) is 13.2 Å². The summed E-state index contributed by atoms with van der Waals surface area (Å²) in [7, 11) is 0.778. The Morgan fingerprint density at radius 2 is 2.33 bits per heavy atom. The highest BCUT2D eigenvalue weighted by molar-refractivity contribution is 6.26. The van der Waals surface area contributed by atoms with E-state index >= 15 is 0 Å². The van der Waals surface area contributed by atoms with Gasteiger partial charge in [-0.05, 0) is 0 Å². The van der Waals surface area contributed by atoms with Crippen molar-refractivity contribution in [1.29, 1.82) is 0 Å². The molecule has 2 nitrogen and oxygen atoms in total. The summed E-state index contributed by atoms with van der Waals surface area (Å²) in [5.74, 6) is 0. The quantitative estimate of drug-likeness (QED) is 0.364. The smallest absolute Gasteiger partial charge is 0.301 e. The van der Waals surface area contributed by atoms with Gasteiger partial charge in [-0.15, -0.1) is 0 Å². The van der Waals surface area contributed by atoms with E-state index in [0.29, 0.717) is 0 Å². The zero-order valence-corrected chi connectivity index (χ0v) is 3.64. The topological polar surface area (TPSA) is 18.5 Å². The molecule has 6 heavy (non-hydrogen) atoms. The third kappa shape index (κ3) is 0.991. The fraction of sp³-hybridized carbons (Fsp3) is 1.00. The fourth-order valence-electron chi connectivity index (χ4n) is 0.440. The Kier molecular flexibility index (Phi) is 1.53. The molecule has 1 fully saturated rings. The molecule has 0 aliphatic carbocycles. The zero-order valence-electron chi connectivity index (χ0n) is 3.64. The van der Waals surface area contributed by atoms with Crippen molar-refractivity contribution in [1.82, 2.24) is 0 Å². The van der Waals surface area contributed by atoms with Crippen molar-refractivity contribution < 1.29 is 9.39 Å². The molecular weight excluding hydrogens is 78.8 g/mol. The lowest BCUT2D eigenvalue weighted by atomic mass is 10.0. The van der Waals surface area contributed by atoms with Crippen LogP contribution in [0.5, 0.6) is 0 Å². The second kappa shape index (κ2) is 2.21. The first-order valence-electron chi connectivity index (χ1n) is 2.15. The van der Waals surface area contributed by atoms with Crippen LogP contribution >= 0.6 is 0 Å². The summed E-state index contributed by atoms with van der Waals surface area (Å²) in [6, 6.07) is 0. The van der Waals surface area contributed by atoms with Crippen LogP contribution in [0.2, 0.25) is 0 Å². The summed E-state index contributed by atoms with van der Waals surface area (Å²) in [5.41, 5.74) is 0. The first-order valence-corrected chi connectivity index (χ1v) is 2.15. The van der Waals surface area contributed by atoms with E-state index in [9.17, 15) is 0 Å². The van der Waals surface area contributed by atoms with Crippen molar-refractivity contribution in [2.75, 3.05) is 19.7 Å². The molecule has 3 heteroatoms. The van der Waals surface area contributed by atoms with E-state index in [2.05, 4.69) is 0 Å². The van der Waals surface area contributed by atoms with Gasteiger partial charge in [0.25, 0.3) is 0 Å². The molecule has 0 aromatic rings. The first-order chi connectivity index (χ1) is 3.00. The van der Waals surface area contributed by atoms with Gasteiger partial charge in [0.15, 0.2) is 0 Å². The molecule has 1 aliphatic heterocycles. The zero-order chi connectivity index (χ0) is 4.24. The highest BCUT2D eigenvalue weighted by Crippen LogP contribution is 1.82. The molecule has 1 saturated heterocycles. The summed E-state index contributed by atoms with van der Waals surface area (Å²) in [4.78, 5) is 0. The molecule has 0 bridgehead atoms. The van der Waals surface area contributed by atoms with Crippen LogP contribution in [-0.4, -0.2) is 27.2 Å². The third-order valence-electron chi connectivity index (χ3n) is 0.744. The number of ether oxygens (including phenoxy) is 1. The Morgan fingerprint density at radius 1 is 1.33 bits per heavy atom. The number of hydrogen-bond donors (Lipinski definition) is 0. The fourth-order valence-corrected chi connectivity index (χ4v) is 0.440. The Balaban J connectivity index is 2.00. The van der Waals surface area contributed by atoms with Gasteiger partial charge in [-0.1, -0.05) is 0 Å². The molecule has 1 heterocycles. The van der Waals surface area contributed by atoms with E-state index < -0.39 is 0 Å². The average molecular weight is 85.9 g/mol. The molecule has 1 aliphatic rings. The van der Waals surface area contributed by atoms with Crippen molar-refractivity contribution in [3.05, 3.63) is 0 Å². The maximum atomic E-state index is 4.94. The van der Waals surface area contributed by atoms with Crippen molar-refractivity contribution in [3.8, 4) is 0 Å². The van der Waals surface area contributed by atoms with Gasteiger partial charge in [-0.3, -0.25) is 0 Å². The minimum atomic E-state index is 0.778. The predicted molar refractivity (Wildman–Crippen MR) is 23.9 cm³/mol. The maximum absolute atomic E-state index is 4.94. The van der Waals surface area contributed by atoms with Crippen LogP contribution in [0.3, 0.4) is 0 Å². The third-order valence-corrected chi connectivity index (χ3v) is 0.744.